The molecule has 0 aliphatic heterocycles. The minimum atomic E-state index is -0.0172. The van der Waals surface area contributed by atoms with Gasteiger partial charge in [-0.3, -0.25) is 4.79 Å². The summed E-state index contributed by atoms with van der Waals surface area (Å²) in [5.74, 6) is -0.0172. The number of aryl methyl sites for hydroxylation is 2. The Morgan fingerprint density at radius 1 is 1.24 bits per heavy atom. The molecule has 0 saturated carbocycles. The quantitative estimate of drug-likeness (QED) is 0.821. The van der Waals surface area contributed by atoms with Crippen molar-refractivity contribution in [3.05, 3.63) is 29.3 Å². The molecule has 0 atom stereocenters. The number of hydrogen-bond donors (Lipinski definition) is 2. The molecular weight excluding hydrogens is 282 g/mol. The summed E-state index contributed by atoms with van der Waals surface area (Å²) in [7, 11) is 0. The molecule has 1 aromatic carbocycles. The number of carbonyl (C=O) groups is 1. The molecular formula is C16H25N3OS. The van der Waals surface area contributed by atoms with Crippen LogP contribution >= 0.6 is 12.2 Å². The van der Waals surface area contributed by atoms with Gasteiger partial charge in [-0.2, -0.15) is 0 Å². The number of hydrogen-bond acceptors (Lipinski definition) is 2. The van der Waals surface area contributed by atoms with Gasteiger partial charge in [0.2, 0.25) is 5.91 Å². The lowest BCUT2D eigenvalue weighted by Crippen LogP contribution is -2.44. The van der Waals surface area contributed by atoms with Gasteiger partial charge in [0.15, 0.2) is 5.11 Å². The van der Waals surface area contributed by atoms with E-state index in [9.17, 15) is 4.79 Å². The SMILES string of the molecule is CCN(CC(=O)NC(C)C)C(=S)Nc1cc(C)cc(C)c1. The molecule has 1 rings (SSSR count). The van der Waals surface area contributed by atoms with Gasteiger partial charge in [-0.05, 0) is 70.1 Å². The van der Waals surface area contributed by atoms with Gasteiger partial charge in [-0.25, -0.2) is 0 Å². The molecule has 0 aliphatic carbocycles. The van der Waals surface area contributed by atoms with E-state index in [0.717, 1.165) is 5.69 Å². The lowest BCUT2D eigenvalue weighted by atomic mass is 10.1. The first-order chi connectivity index (χ1) is 9.81. The van der Waals surface area contributed by atoms with Crippen molar-refractivity contribution < 1.29 is 4.79 Å². The van der Waals surface area contributed by atoms with Crippen LogP contribution in [0.3, 0.4) is 0 Å². The third kappa shape index (κ3) is 6.12. The molecule has 0 aliphatic rings. The van der Waals surface area contributed by atoms with Crippen LogP contribution in [0.4, 0.5) is 5.69 Å². The highest BCUT2D eigenvalue weighted by Gasteiger charge is 2.13. The smallest absolute Gasteiger partial charge is 0.239 e. The van der Waals surface area contributed by atoms with Crippen LogP contribution < -0.4 is 10.6 Å². The van der Waals surface area contributed by atoms with Gasteiger partial charge < -0.3 is 15.5 Å². The van der Waals surface area contributed by atoms with Crippen molar-refractivity contribution in [3.63, 3.8) is 0 Å². The van der Waals surface area contributed by atoms with Crippen LogP contribution in [0.1, 0.15) is 31.9 Å². The Balaban J connectivity index is 2.68. The molecule has 0 bridgehead atoms. The Bertz CT molecular complexity index is 494. The Labute approximate surface area is 132 Å². The highest BCUT2D eigenvalue weighted by molar-refractivity contribution is 7.80. The van der Waals surface area contributed by atoms with E-state index < -0.39 is 0 Å². The number of rotatable bonds is 5. The fourth-order valence-electron chi connectivity index (χ4n) is 2.12. The maximum Gasteiger partial charge on any atom is 0.239 e. The number of nitrogens with one attached hydrogen (secondary N) is 2. The van der Waals surface area contributed by atoms with E-state index in [2.05, 4.69) is 30.5 Å². The molecule has 0 unspecified atom stereocenters. The zero-order chi connectivity index (χ0) is 16.0. The van der Waals surface area contributed by atoms with Crippen LogP contribution in [0.25, 0.3) is 0 Å². The fraction of sp³-hybridized carbons (Fsp3) is 0.500. The highest BCUT2D eigenvalue weighted by Crippen LogP contribution is 2.14. The van der Waals surface area contributed by atoms with Crippen LogP contribution in [0, 0.1) is 13.8 Å². The first kappa shape index (κ1) is 17.4. The molecule has 0 aromatic heterocycles. The minimum Gasteiger partial charge on any atom is -0.352 e. The second kappa shape index (κ2) is 7.98. The number of benzene rings is 1. The van der Waals surface area contributed by atoms with Crippen molar-refractivity contribution in [2.24, 2.45) is 0 Å². The van der Waals surface area contributed by atoms with Gasteiger partial charge in [0.25, 0.3) is 0 Å². The molecule has 1 amide bonds. The number of anilines is 1. The van der Waals surface area contributed by atoms with Crippen LogP contribution in [0.5, 0.6) is 0 Å². The van der Waals surface area contributed by atoms with Gasteiger partial charge in [-0.15, -0.1) is 0 Å². The molecule has 21 heavy (non-hydrogen) atoms. The zero-order valence-corrected chi connectivity index (χ0v) is 14.3. The average Bonchev–Trinajstić information content (AvgIpc) is 2.33. The van der Waals surface area contributed by atoms with Crippen molar-refractivity contribution in [3.8, 4) is 0 Å². The highest BCUT2D eigenvalue weighted by atomic mass is 32.1. The maximum absolute atomic E-state index is 11.8. The number of nitrogens with zero attached hydrogens (tertiary/aromatic N) is 1. The third-order valence-electron chi connectivity index (χ3n) is 2.93. The Kier molecular flexibility index (Phi) is 6.62. The number of amides is 1. The molecule has 0 fully saturated rings. The molecule has 1 aromatic rings. The summed E-state index contributed by atoms with van der Waals surface area (Å²) in [5, 5.41) is 6.66. The zero-order valence-electron chi connectivity index (χ0n) is 13.5. The summed E-state index contributed by atoms with van der Waals surface area (Å²) in [5.41, 5.74) is 3.32. The molecule has 0 saturated heterocycles. The van der Waals surface area contributed by atoms with Crippen molar-refractivity contribution in [2.45, 2.75) is 40.7 Å². The maximum atomic E-state index is 11.8. The first-order valence-electron chi connectivity index (χ1n) is 7.25. The van der Waals surface area contributed by atoms with Crippen molar-refractivity contribution in [1.82, 2.24) is 10.2 Å². The number of carbonyl (C=O) groups excluding carboxylic acids is 1. The van der Waals surface area contributed by atoms with E-state index in [1.54, 1.807) is 0 Å². The summed E-state index contributed by atoms with van der Waals surface area (Å²) >= 11 is 5.41. The second-order valence-electron chi connectivity index (χ2n) is 5.54. The van der Waals surface area contributed by atoms with E-state index in [1.807, 2.05) is 37.8 Å². The molecule has 0 heterocycles. The lowest BCUT2D eigenvalue weighted by Gasteiger charge is -2.24. The Hall–Kier alpha value is -1.62. The summed E-state index contributed by atoms with van der Waals surface area (Å²) in [4.78, 5) is 13.7. The fourth-order valence-corrected chi connectivity index (χ4v) is 2.43. The van der Waals surface area contributed by atoms with Gasteiger partial charge >= 0.3 is 0 Å². The Morgan fingerprint density at radius 3 is 2.29 bits per heavy atom. The van der Waals surface area contributed by atoms with Crippen LogP contribution in [0.2, 0.25) is 0 Å². The van der Waals surface area contributed by atoms with Crippen molar-refractivity contribution in [1.29, 1.82) is 0 Å². The molecule has 4 nitrogen and oxygen atoms in total. The van der Waals surface area contributed by atoms with E-state index in [4.69, 9.17) is 12.2 Å². The van der Waals surface area contributed by atoms with Crippen LogP contribution in [-0.4, -0.2) is 35.1 Å². The molecule has 0 spiro atoms. The topological polar surface area (TPSA) is 44.4 Å². The van der Waals surface area contributed by atoms with E-state index >= 15 is 0 Å². The summed E-state index contributed by atoms with van der Waals surface area (Å²) < 4.78 is 0. The van der Waals surface area contributed by atoms with E-state index in [0.29, 0.717) is 11.7 Å². The Morgan fingerprint density at radius 2 is 1.81 bits per heavy atom. The van der Waals surface area contributed by atoms with Crippen molar-refractivity contribution >= 4 is 28.9 Å². The summed E-state index contributed by atoms with van der Waals surface area (Å²) in [6, 6.07) is 6.34. The van der Waals surface area contributed by atoms with E-state index in [1.165, 1.54) is 11.1 Å². The second-order valence-corrected chi connectivity index (χ2v) is 5.93. The van der Waals surface area contributed by atoms with Gasteiger partial charge in [0.05, 0.1) is 6.54 Å². The van der Waals surface area contributed by atoms with Gasteiger partial charge in [-0.1, -0.05) is 6.07 Å². The lowest BCUT2D eigenvalue weighted by molar-refractivity contribution is -0.121. The minimum absolute atomic E-state index is 0.0172. The predicted octanol–water partition coefficient (Wildman–Crippen LogP) is 2.85. The number of likely N-dealkylation sites (N-methyl/N-ethyl adjacent to an activating group) is 1. The molecule has 5 heteroatoms. The summed E-state index contributed by atoms with van der Waals surface area (Å²) in [6.07, 6.45) is 0. The molecule has 2 N–H and O–H groups in total. The number of thiocarbonyl (C=S) groups is 1. The normalized spacial score (nSPS) is 10.4. The molecule has 0 radical (unpaired) electrons. The largest absolute Gasteiger partial charge is 0.352 e. The third-order valence-corrected chi connectivity index (χ3v) is 3.29. The van der Waals surface area contributed by atoms with Crippen LogP contribution in [-0.2, 0) is 4.79 Å². The standard InChI is InChI=1S/C16H25N3OS/c1-6-19(10-15(20)17-11(2)3)16(21)18-14-8-12(4)7-13(5)9-14/h7-9,11H,6,10H2,1-5H3,(H,17,20)(H,18,21). The summed E-state index contributed by atoms with van der Waals surface area (Å²) in [6.45, 7) is 10.9. The van der Waals surface area contributed by atoms with Crippen molar-refractivity contribution in [2.75, 3.05) is 18.4 Å². The van der Waals surface area contributed by atoms with E-state index in [-0.39, 0.29) is 18.5 Å². The van der Waals surface area contributed by atoms with Gasteiger partial charge in [0.1, 0.15) is 0 Å². The first-order valence-corrected chi connectivity index (χ1v) is 7.66. The predicted molar refractivity (Wildman–Crippen MR) is 92.7 cm³/mol. The average molecular weight is 307 g/mol. The van der Waals surface area contributed by atoms with Gasteiger partial charge in [0, 0.05) is 18.3 Å². The van der Waals surface area contributed by atoms with Crippen LogP contribution in [0.15, 0.2) is 18.2 Å². The monoisotopic (exact) mass is 307 g/mol. The molecule has 116 valence electrons.